The number of nitrogens with zero attached hydrogens (tertiary/aromatic N) is 3. The Bertz CT molecular complexity index is 578. The first kappa shape index (κ1) is 14.8. The van der Waals surface area contributed by atoms with Crippen LogP contribution in [-0.2, 0) is 0 Å². The van der Waals surface area contributed by atoms with Crippen LogP contribution in [0.2, 0.25) is 0 Å². The van der Waals surface area contributed by atoms with E-state index in [0.717, 1.165) is 40.4 Å². The van der Waals surface area contributed by atoms with E-state index in [4.69, 9.17) is 0 Å². The second kappa shape index (κ2) is 6.70. The number of anilines is 1. The monoisotopic (exact) mass is 288 g/mol. The molecule has 0 saturated heterocycles. The van der Waals surface area contributed by atoms with Gasteiger partial charge >= 0.3 is 0 Å². The third-order valence-corrected chi connectivity index (χ3v) is 3.49. The normalized spacial score (nSPS) is 10.6. The van der Waals surface area contributed by atoms with Gasteiger partial charge < -0.3 is 5.32 Å². The van der Waals surface area contributed by atoms with Gasteiger partial charge in [0.25, 0.3) is 0 Å². The molecule has 0 radical (unpaired) electrons. The van der Waals surface area contributed by atoms with Crippen molar-refractivity contribution in [2.45, 2.75) is 44.2 Å². The summed E-state index contributed by atoms with van der Waals surface area (Å²) < 4.78 is 0. The highest BCUT2D eigenvalue weighted by Gasteiger charge is 2.06. The molecule has 2 aromatic rings. The summed E-state index contributed by atoms with van der Waals surface area (Å²) in [4.78, 5) is 13.4. The predicted octanol–water partition coefficient (Wildman–Crippen LogP) is 3.77. The maximum absolute atomic E-state index is 4.53. The summed E-state index contributed by atoms with van der Waals surface area (Å²) in [5.74, 6) is 1.66. The smallest absolute Gasteiger partial charge is 0.130 e. The lowest BCUT2D eigenvalue weighted by Gasteiger charge is -2.08. The summed E-state index contributed by atoms with van der Waals surface area (Å²) >= 11 is 1.58. The summed E-state index contributed by atoms with van der Waals surface area (Å²) in [5, 5.41) is 5.20. The largest absolute Gasteiger partial charge is 0.370 e. The maximum atomic E-state index is 4.53. The molecular formula is C15H20N4S. The molecule has 0 amide bonds. The van der Waals surface area contributed by atoms with Crippen LogP contribution in [0.5, 0.6) is 0 Å². The zero-order valence-electron chi connectivity index (χ0n) is 12.4. The van der Waals surface area contributed by atoms with Crippen LogP contribution < -0.4 is 5.32 Å². The first-order valence-corrected chi connectivity index (χ1v) is 7.61. The van der Waals surface area contributed by atoms with Crippen LogP contribution in [-0.4, -0.2) is 21.5 Å². The van der Waals surface area contributed by atoms with Crippen molar-refractivity contribution in [3.05, 3.63) is 35.3 Å². The molecule has 0 aliphatic rings. The molecule has 0 bridgehead atoms. The SMILES string of the molecule is CCCNc1cc(Sc2cc(C)cc(C)n2)nc(C)n1. The summed E-state index contributed by atoms with van der Waals surface area (Å²) in [6.45, 7) is 9.06. The second-order valence-corrected chi connectivity index (χ2v) is 5.83. The fourth-order valence-corrected chi connectivity index (χ4v) is 2.90. The Hall–Kier alpha value is -1.62. The number of aromatic nitrogens is 3. The van der Waals surface area contributed by atoms with Crippen LogP contribution in [0.3, 0.4) is 0 Å². The van der Waals surface area contributed by atoms with Gasteiger partial charge in [-0.2, -0.15) is 0 Å². The molecular weight excluding hydrogens is 268 g/mol. The van der Waals surface area contributed by atoms with Gasteiger partial charge in [0.1, 0.15) is 21.7 Å². The summed E-state index contributed by atoms with van der Waals surface area (Å²) in [7, 11) is 0. The van der Waals surface area contributed by atoms with E-state index in [1.807, 2.05) is 19.9 Å². The topological polar surface area (TPSA) is 50.7 Å². The molecule has 2 heterocycles. The number of hydrogen-bond acceptors (Lipinski definition) is 5. The van der Waals surface area contributed by atoms with Gasteiger partial charge in [-0.25, -0.2) is 15.0 Å². The average molecular weight is 288 g/mol. The van der Waals surface area contributed by atoms with Crippen LogP contribution in [0.15, 0.2) is 28.3 Å². The van der Waals surface area contributed by atoms with Crippen molar-refractivity contribution in [3.63, 3.8) is 0 Å². The summed E-state index contributed by atoms with van der Waals surface area (Å²) in [6.07, 6.45) is 1.07. The van der Waals surface area contributed by atoms with Crippen molar-refractivity contribution in [2.24, 2.45) is 0 Å². The maximum Gasteiger partial charge on any atom is 0.130 e. The second-order valence-electron chi connectivity index (χ2n) is 4.79. The van der Waals surface area contributed by atoms with Gasteiger partial charge in [-0.15, -0.1) is 0 Å². The minimum absolute atomic E-state index is 0.776. The van der Waals surface area contributed by atoms with Crippen LogP contribution in [0.25, 0.3) is 0 Å². The predicted molar refractivity (Wildman–Crippen MR) is 83.4 cm³/mol. The highest BCUT2D eigenvalue weighted by Crippen LogP contribution is 2.26. The molecule has 0 aliphatic heterocycles. The van der Waals surface area contributed by atoms with E-state index in [1.54, 1.807) is 11.8 Å². The van der Waals surface area contributed by atoms with Crippen LogP contribution >= 0.6 is 11.8 Å². The molecule has 5 heteroatoms. The molecule has 0 saturated carbocycles. The molecule has 2 rings (SSSR count). The lowest BCUT2D eigenvalue weighted by atomic mass is 10.3. The molecule has 106 valence electrons. The van der Waals surface area contributed by atoms with Crippen molar-refractivity contribution in [3.8, 4) is 0 Å². The molecule has 0 atom stereocenters. The van der Waals surface area contributed by atoms with Crippen molar-refractivity contribution in [1.82, 2.24) is 15.0 Å². The minimum atomic E-state index is 0.776. The molecule has 0 aromatic carbocycles. The highest BCUT2D eigenvalue weighted by atomic mass is 32.2. The minimum Gasteiger partial charge on any atom is -0.370 e. The third-order valence-electron chi connectivity index (χ3n) is 2.65. The molecule has 2 aromatic heterocycles. The van der Waals surface area contributed by atoms with Gasteiger partial charge in [0.05, 0.1) is 0 Å². The third kappa shape index (κ3) is 4.20. The van der Waals surface area contributed by atoms with Crippen LogP contribution in [0.1, 0.15) is 30.4 Å². The van der Waals surface area contributed by atoms with E-state index in [1.165, 1.54) is 5.56 Å². The Labute approximate surface area is 124 Å². The molecule has 4 nitrogen and oxygen atoms in total. The zero-order chi connectivity index (χ0) is 14.5. The Kier molecular flexibility index (Phi) is 4.95. The van der Waals surface area contributed by atoms with Gasteiger partial charge in [0.2, 0.25) is 0 Å². The van der Waals surface area contributed by atoms with E-state index in [9.17, 15) is 0 Å². The number of hydrogen-bond donors (Lipinski definition) is 1. The summed E-state index contributed by atoms with van der Waals surface area (Å²) in [6, 6.07) is 6.13. The molecule has 0 fully saturated rings. The Balaban J connectivity index is 2.21. The lowest BCUT2D eigenvalue weighted by molar-refractivity contribution is 0.926. The number of nitrogens with one attached hydrogen (secondary N) is 1. The molecule has 1 N–H and O–H groups in total. The van der Waals surface area contributed by atoms with Gasteiger partial charge in [-0.05, 0) is 56.7 Å². The first-order chi connectivity index (χ1) is 9.56. The van der Waals surface area contributed by atoms with Crippen LogP contribution in [0.4, 0.5) is 5.82 Å². The van der Waals surface area contributed by atoms with E-state index in [-0.39, 0.29) is 0 Å². The molecule has 0 aliphatic carbocycles. The van der Waals surface area contributed by atoms with E-state index in [0.29, 0.717) is 0 Å². The number of pyridine rings is 1. The van der Waals surface area contributed by atoms with Gasteiger partial charge in [0, 0.05) is 18.3 Å². The van der Waals surface area contributed by atoms with Crippen molar-refractivity contribution in [1.29, 1.82) is 0 Å². The fraction of sp³-hybridized carbons (Fsp3) is 0.400. The number of aryl methyl sites for hydroxylation is 3. The fourth-order valence-electron chi connectivity index (χ4n) is 1.90. The molecule has 0 unspecified atom stereocenters. The van der Waals surface area contributed by atoms with Gasteiger partial charge in [-0.1, -0.05) is 6.92 Å². The number of rotatable bonds is 5. The quantitative estimate of drug-likeness (QED) is 0.849. The van der Waals surface area contributed by atoms with E-state index < -0.39 is 0 Å². The van der Waals surface area contributed by atoms with Crippen LogP contribution in [0, 0.1) is 20.8 Å². The Morgan fingerprint density at radius 2 is 1.75 bits per heavy atom. The van der Waals surface area contributed by atoms with Crippen molar-refractivity contribution < 1.29 is 0 Å². The van der Waals surface area contributed by atoms with Gasteiger partial charge in [-0.3, -0.25) is 0 Å². The van der Waals surface area contributed by atoms with Crippen molar-refractivity contribution >= 4 is 17.6 Å². The molecule has 0 spiro atoms. The first-order valence-electron chi connectivity index (χ1n) is 6.79. The Morgan fingerprint density at radius 1 is 1.00 bits per heavy atom. The standard InChI is InChI=1S/C15H20N4S/c1-5-6-16-13-9-15(19-12(4)18-13)20-14-8-10(2)7-11(3)17-14/h7-9H,5-6H2,1-4H3,(H,16,18,19). The van der Waals surface area contributed by atoms with Crippen molar-refractivity contribution in [2.75, 3.05) is 11.9 Å². The Morgan fingerprint density at radius 3 is 2.45 bits per heavy atom. The lowest BCUT2D eigenvalue weighted by Crippen LogP contribution is -2.04. The zero-order valence-corrected chi connectivity index (χ0v) is 13.2. The molecule has 20 heavy (non-hydrogen) atoms. The summed E-state index contributed by atoms with van der Waals surface area (Å²) in [5.41, 5.74) is 2.25. The average Bonchev–Trinajstić information content (AvgIpc) is 2.34. The van der Waals surface area contributed by atoms with Gasteiger partial charge in [0.15, 0.2) is 0 Å². The van der Waals surface area contributed by atoms with E-state index >= 15 is 0 Å². The highest BCUT2D eigenvalue weighted by molar-refractivity contribution is 7.99. The van der Waals surface area contributed by atoms with E-state index in [2.05, 4.69) is 46.2 Å².